The van der Waals surface area contributed by atoms with Crippen LogP contribution >= 0.6 is 0 Å². The molecule has 0 aromatic carbocycles. The number of rotatable bonds is 7. The fourth-order valence-corrected chi connectivity index (χ4v) is 3.27. The summed E-state index contributed by atoms with van der Waals surface area (Å²) in [7, 11) is 0. The summed E-state index contributed by atoms with van der Waals surface area (Å²) in [6, 6.07) is 4.14. The number of aromatic nitrogens is 3. The highest BCUT2D eigenvalue weighted by Crippen LogP contribution is 2.25. The number of hydrogen-bond acceptors (Lipinski definition) is 4. The van der Waals surface area contributed by atoms with Crippen LogP contribution < -0.4 is 10.1 Å². The normalized spacial score (nSPS) is 20.2. The summed E-state index contributed by atoms with van der Waals surface area (Å²) in [5.74, 6) is 1.02. The molecule has 1 aliphatic rings. The van der Waals surface area contributed by atoms with Gasteiger partial charge in [-0.1, -0.05) is 0 Å². The molecular formula is C19H26N4O2. The third kappa shape index (κ3) is 5.31. The van der Waals surface area contributed by atoms with Gasteiger partial charge in [-0.25, -0.2) is 0 Å². The second kappa shape index (κ2) is 8.65. The van der Waals surface area contributed by atoms with Crippen LogP contribution in [0.3, 0.4) is 0 Å². The topological polar surface area (TPSA) is 79.9 Å². The van der Waals surface area contributed by atoms with Gasteiger partial charge in [-0.05, 0) is 63.1 Å². The third-order valence-corrected chi connectivity index (χ3v) is 4.72. The van der Waals surface area contributed by atoms with E-state index in [-0.39, 0.29) is 18.1 Å². The first-order valence-corrected chi connectivity index (χ1v) is 9.06. The molecular weight excluding hydrogens is 316 g/mol. The van der Waals surface area contributed by atoms with Gasteiger partial charge in [0.2, 0.25) is 5.91 Å². The molecule has 0 unspecified atom stereocenters. The summed E-state index contributed by atoms with van der Waals surface area (Å²) in [6.45, 7) is 1.96. The summed E-state index contributed by atoms with van der Waals surface area (Å²) < 4.78 is 6.06. The average molecular weight is 342 g/mol. The van der Waals surface area contributed by atoms with E-state index in [4.69, 9.17) is 4.74 Å². The van der Waals surface area contributed by atoms with Crippen LogP contribution in [-0.2, 0) is 11.2 Å². The highest BCUT2D eigenvalue weighted by Gasteiger charge is 2.23. The van der Waals surface area contributed by atoms with Gasteiger partial charge in [0.1, 0.15) is 5.75 Å². The van der Waals surface area contributed by atoms with Gasteiger partial charge in [-0.3, -0.25) is 14.9 Å². The van der Waals surface area contributed by atoms with Crippen molar-refractivity contribution in [1.82, 2.24) is 20.5 Å². The minimum Gasteiger partial charge on any atom is -0.489 e. The predicted molar refractivity (Wildman–Crippen MR) is 95.3 cm³/mol. The summed E-state index contributed by atoms with van der Waals surface area (Å²) >= 11 is 0. The lowest BCUT2D eigenvalue weighted by Gasteiger charge is -2.29. The molecule has 0 aliphatic heterocycles. The Morgan fingerprint density at radius 3 is 2.92 bits per heavy atom. The number of carbonyl (C=O) groups excluding carboxylic acids is 1. The van der Waals surface area contributed by atoms with Crippen molar-refractivity contribution >= 4 is 5.91 Å². The molecule has 1 saturated carbocycles. The van der Waals surface area contributed by atoms with Crippen LogP contribution in [0.15, 0.2) is 30.7 Å². The van der Waals surface area contributed by atoms with Gasteiger partial charge in [0.05, 0.1) is 18.0 Å². The SMILES string of the molecule is Cc1ncccc1OC1CCC(NC(=O)CCCc2cn[nH]c2)CC1. The van der Waals surface area contributed by atoms with Gasteiger partial charge < -0.3 is 10.1 Å². The highest BCUT2D eigenvalue weighted by atomic mass is 16.5. The van der Waals surface area contributed by atoms with Crippen LogP contribution in [0.2, 0.25) is 0 Å². The molecule has 1 amide bonds. The third-order valence-electron chi connectivity index (χ3n) is 4.72. The molecule has 0 atom stereocenters. The summed E-state index contributed by atoms with van der Waals surface area (Å²) in [4.78, 5) is 16.3. The number of aromatic amines is 1. The van der Waals surface area contributed by atoms with E-state index in [1.165, 1.54) is 0 Å². The summed E-state index contributed by atoms with van der Waals surface area (Å²) in [5, 5.41) is 9.87. The number of pyridine rings is 1. The van der Waals surface area contributed by atoms with Crippen molar-refractivity contribution < 1.29 is 9.53 Å². The Kier molecular flexibility index (Phi) is 6.04. The lowest BCUT2D eigenvalue weighted by Crippen LogP contribution is -2.39. The lowest BCUT2D eigenvalue weighted by molar-refractivity contribution is -0.122. The van der Waals surface area contributed by atoms with Crippen LogP contribution in [0, 0.1) is 6.92 Å². The molecule has 3 rings (SSSR count). The Labute approximate surface area is 148 Å². The van der Waals surface area contributed by atoms with E-state index in [9.17, 15) is 4.79 Å². The second-order valence-electron chi connectivity index (χ2n) is 6.71. The van der Waals surface area contributed by atoms with E-state index in [1.54, 1.807) is 6.20 Å². The Hall–Kier alpha value is -2.37. The Bertz CT molecular complexity index is 664. The van der Waals surface area contributed by atoms with Crippen LogP contribution in [-0.4, -0.2) is 33.2 Å². The number of nitrogens with one attached hydrogen (secondary N) is 2. The van der Waals surface area contributed by atoms with E-state index in [0.29, 0.717) is 6.42 Å². The van der Waals surface area contributed by atoms with Gasteiger partial charge in [0, 0.05) is 24.9 Å². The Balaban J connectivity index is 1.34. The first-order chi connectivity index (χ1) is 12.2. The number of ether oxygens (including phenoxy) is 1. The molecule has 134 valence electrons. The number of nitrogens with zero attached hydrogens (tertiary/aromatic N) is 2. The monoisotopic (exact) mass is 342 g/mol. The fraction of sp³-hybridized carbons (Fsp3) is 0.526. The van der Waals surface area contributed by atoms with Crippen molar-refractivity contribution in [1.29, 1.82) is 0 Å². The molecule has 6 nitrogen and oxygen atoms in total. The zero-order chi connectivity index (χ0) is 17.5. The standard InChI is InChI=1S/C19H26N4O2/c1-14-18(5-3-11-20-14)25-17-9-7-16(8-10-17)23-19(24)6-2-4-15-12-21-22-13-15/h3,5,11-13,16-17H,2,4,6-10H2,1H3,(H,21,22)(H,23,24). The zero-order valence-electron chi connectivity index (χ0n) is 14.7. The van der Waals surface area contributed by atoms with E-state index in [0.717, 1.165) is 55.5 Å². The molecule has 25 heavy (non-hydrogen) atoms. The maximum atomic E-state index is 12.1. The predicted octanol–water partition coefficient (Wildman–Crippen LogP) is 2.94. The largest absolute Gasteiger partial charge is 0.489 e. The van der Waals surface area contributed by atoms with Crippen molar-refractivity contribution in [2.24, 2.45) is 0 Å². The quantitative estimate of drug-likeness (QED) is 0.811. The molecule has 0 bridgehead atoms. The molecule has 1 fully saturated rings. The van der Waals surface area contributed by atoms with Crippen LogP contribution in [0.1, 0.15) is 49.8 Å². The number of aryl methyl sites for hydroxylation is 2. The molecule has 2 heterocycles. The smallest absolute Gasteiger partial charge is 0.220 e. The fourth-order valence-electron chi connectivity index (χ4n) is 3.27. The Morgan fingerprint density at radius 1 is 1.36 bits per heavy atom. The first kappa shape index (κ1) is 17.5. The highest BCUT2D eigenvalue weighted by molar-refractivity contribution is 5.76. The van der Waals surface area contributed by atoms with Crippen molar-refractivity contribution in [2.45, 2.75) is 64.0 Å². The molecule has 2 aromatic rings. The second-order valence-corrected chi connectivity index (χ2v) is 6.71. The van der Waals surface area contributed by atoms with Crippen molar-refractivity contribution in [3.63, 3.8) is 0 Å². The van der Waals surface area contributed by atoms with E-state index in [2.05, 4.69) is 20.5 Å². The molecule has 0 saturated heterocycles. The number of hydrogen-bond donors (Lipinski definition) is 2. The zero-order valence-corrected chi connectivity index (χ0v) is 14.7. The van der Waals surface area contributed by atoms with Gasteiger partial charge >= 0.3 is 0 Å². The van der Waals surface area contributed by atoms with Crippen LogP contribution in [0.25, 0.3) is 0 Å². The number of amides is 1. The van der Waals surface area contributed by atoms with Gasteiger partial charge in [-0.2, -0.15) is 5.10 Å². The maximum Gasteiger partial charge on any atom is 0.220 e. The van der Waals surface area contributed by atoms with E-state index >= 15 is 0 Å². The molecule has 2 N–H and O–H groups in total. The van der Waals surface area contributed by atoms with E-state index in [1.807, 2.05) is 31.5 Å². The summed E-state index contributed by atoms with van der Waals surface area (Å²) in [5.41, 5.74) is 2.08. The molecule has 1 aliphatic carbocycles. The van der Waals surface area contributed by atoms with Crippen molar-refractivity contribution in [2.75, 3.05) is 0 Å². The van der Waals surface area contributed by atoms with Gasteiger partial charge in [0.25, 0.3) is 0 Å². The first-order valence-electron chi connectivity index (χ1n) is 9.06. The number of carbonyl (C=O) groups is 1. The molecule has 6 heteroatoms. The molecule has 0 spiro atoms. The minimum absolute atomic E-state index is 0.149. The lowest BCUT2D eigenvalue weighted by atomic mass is 9.92. The minimum atomic E-state index is 0.149. The molecule has 2 aromatic heterocycles. The maximum absolute atomic E-state index is 12.1. The van der Waals surface area contributed by atoms with Gasteiger partial charge in [0.15, 0.2) is 0 Å². The van der Waals surface area contributed by atoms with E-state index < -0.39 is 0 Å². The average Bonchev–Trinajstić information content (AvgIpc) is 3.12. The van der Waals surface area contributed by atoms with Crippen molar-refractivity contribution in [3.05, 3.63) is 42.0 Å². The summed E-state index contributed by atoms with van der Waals surface area (Å²) in [6.07, 6.45) is 11.9. The van der Waals surface area contributed by atoms with Gasteiger partial charge in [-0.15, -0.1) is 0 Å². The van der Waals surface area contributed by atoms with Crippen LogP contribution in [0.5, 0.6) is 5.75 Å². The number of H-pyrrole nitrogens is 1. The molecule has 0 radical (unpaired) electrons. The van der Waals surface area contributed by atoms with Crippen molar-refractivity contribution in [3.8, 4) is 5.75 Å². The van der Waals surface area contributed by atoms with Crippen LogP contribution in [0.4, 0.5) is 0 Å². The Morgan fingerprint density at radius 2 is 2.20 bits per heavy atom.